The molecule has 0 atom stereocenters. The van der Waals surface area contributed by atoms with Crippen molar-refractivity contribution >= 4 is 28.2 Å². The third-order valence-corrected chi connectivity index (χ3v) is 5.14. The molecular formula is C22H24N4O5. The van der Waals surface area contributed by atoms with Gasteiger partial charge in [-0.15, -0.1) is 0 Å². The van der Waals surface area contributed by atoms with Crippen molar-refractivity contribution in [2.75, 3.05) is 50.7 Å². The summed E-state index contributed by atoms with van der Waals surface area (Å²) in [7, 11) is 3.06. The van der Waals surface area contributed by atoms with Gasteiger partial charge in [0.2, 0.25) is 5.91 Å². The first-order chi connectivity index (χ1) is 15.1. The molecule has 1 saturated heterocycles. The zero-order chi connectivity index (χ0) is 21.8. The number of ether oxygens (including phenoxy) is 3. The summed E-state index contributed by atoms with van der Waals surface area (Å²) in [6.45, 7) is 2.30. The summed E-state index contributed by atoms with van der Waals surface area (Å²) in [6, 6.07) is 12.4. The molecule has 2 aromatic carbocycles. The van der Waals surface area contributed by atoms with E-state index in [1.165, 1.54) is 11.8 Å². The van der Waals surface area contributed by atoms with E-state index in [4.69, 9.17) is 14.2 Å². The van der Waals surface area contributed by atoms with Crippen molar-refractivity contribution in [1.82, 2.24) is 9.78 Å². The summed E-state index contributed by atoms with van der Waals surface area (Å²) in [4.78, 5) is 27.8. The number of anilines is 2. The van der Waals surface area contributed by atoms with Crippen LogP contribution < -0.4 is 25.2 Å². The number of aromatic nitrogens is 2. The van der Waals surface area contributed by atoms with E-state index < -0.39 is 0 Å². The van der Waals surface area contributed by atoms with E-state index in [-0.39, 0.29) is 18.0 Å². The van der Waals surface area contributed by atoms with E-state index in [2.05, 4.69) is 15.3 Å². The lowest BCUT2D eigenvalue weighted by Crippen LogP contribution is -2.39. The lowest BCUT2D eigenvalue weighted by atomic mass is 10.1. The van der Waals surface area contributed by atoms with E-state index in [9.17, 15) is 9.59 Å². The van der Waals surface area contributed by atoms with Crippen LogP contribution >= 0.6 is 0 Å². The molecule has 1 amide bonds. The van der Waals surface area contributed by atoms with Gasteiger partial charge in [0.1, 0.15) is 18.0 Å². The van der Waals surface area contributed by atoms with Gasteiger partial charge < -0.3 is 24.4 Å². The highest BCUT2D eigenvalue weighted by Crippen LogP contribution is 2.29. The Morgan fingerprint density at radius 2 is 1.84 bits per heavy atom. The molecule has 162 valence electrons. The lowest BCUT2D eigenvalue weighted by molar-refractivity contribution is -0.117. The Kier molecular flexibility index (Phi) is 6.03. The van der Waals surface area contributed by atoms with Crippen LogP contribution in [0.15, 0.2) is 47.3 Å². The molecule has 0 bridgehead atoms. The van der Waals surface area contributed by atoms with E-state index in [0.29, 0.717) is 54.7 Å². The third-order valence-electron chi connectivity index (χ3n) is 5.14. The monoisotopic (exact) mass is 424 g/mol. The second-order valence-electron chi connectivity index (χ2n) is 7.05. The SMILES string of the molecule is COc1ccc(NC(=O)Cn2nc(N3CCOCC3)c3ccccc3c2=O)c(OC)c1. The molecule has 9 heteroatoms. The molecule has 0 aliphatic carbocycles. The van der Waals surface area contributed by atoms with Crippen molar-refractivity contribution in [2.45, 2.75) is 6.54 Å². The second-order valence-corrected chi connectivity index (χ2v) is 7.05. The molecule has 1 fully saturated rings. The number of carbonyl (C=O) groups is 1. The number of hydrogen-bond donors (Lipinski definition) is 1. The van der Waals surface area contributed by atoms with Gasteiger partial charge in [-0.3, -0.25) is 9.59 Å². The van der Waals surface area contributed by atoms with E-state index in [1.807, 2.05) is 12.1 Å². The molecule has 1 aliphatic heterocycles. The van der Waals surface area contributed by atoms with Crippen molar-refractivity contribution in [1.29, 1.82) is 0 Å². The Bertz CT molecular complexity index is 1150. The van der Waals surface area contributed by atoms with Crippen molar-refractivity contribution in [3.8, 4) is 11.5 Å². The summed E-state index contributed by atoms with van der Waals surface area (Å²) in [5.41, 5.74) is 0.167. The zero-order valence-electron chi connectivity index (χ0n) is 17.5. The number of fused-ring (bicyclic) bond motifs is 1. The maximum absolute atomic E-state index is 13.0. The minimum atomic E-state index is -0.388. The molecule has 0 saturated carbocycles. The smallest absolute Gasteiger partial charge is 0.275 e. The number of carbonyl (C=O) groups excluding carboxylic acids is 1. The Labute approximate surface area is 179 Å². The van der Waals surface area contributed by atoms with Gasteiger partial charge in [0, 0.05) is 24.5 Å². The van der Waals surface area contributed by atoms with Crippen LogP contribution in [0, 0.1) is 0 Å². The molecule has 2 heterocycles. The minimum absolute atomic E-state index is 0.226. The summed E-state index contributed by atoms with van der Waals surface area (Å²) in [6.07, 6.45) is 0. The minimum Gasteiger partial charge on any atom is -0.497 e. The summed E-state index contributed by atoms with van der Waals surface area (Å²) < 4.78 is 17.1. The van der Waals surface area contributed by atoms with Gasteiger partial charge >= 0.3 is 0 Å². The fraction of sp³-hybridized carbons (Fsp3) is 0.318. The van der Waals surface area contributed by atoms with Gasteiger partial charge in [0.05, 0.1) is 38.5 Å². The number of amides is 1. The Hall–Kier alpha value is -3.59. The van der Waals surface area contributed by atoms with Crippen LogP contribution in [0.4, 0.5) is 11.5 Å². The highest BCUT2D eigenvalue weighted by atomic mass is 16.5. The maximum atomic E-state index is 13.0. The molecular weight excluding hydrogens is 400 g/mol. The van der Waals surface area contributed by atoms with Gasteiger partial charge in [-0.25, -0.2) is 4.68 Å². The van der Waals surface area contributed by atoms with Crippen LogP contribution in [0.25, 0.3) is 10.8 Å². The third kappa shape index (κ3) is 4.31. The highest BCUT2D eigenvalue weighted by molar-refractivity contribution is 5.94. The first-order valence-corrected chi connectivity index (χ1v) is 9.95. The number of nitrogens with zero attached hydrogens (tertiary/aromatic N) is 3. The van der Waals surface area contributed by atoms with Gasteiger partial charge in [0.15, 0.2) is 5.82 Å². The fourth-order valence-corrected chi connectivity index (χ4v) is 3.56. The van der Waals surface area contributed by atoms with Crippen LogP contribution in [0.1, 0.15) is 0 Å². The maximum Gasteiger partial charge on any atom is 0.275 e. The number of nitrogens with one attached hydrogen (secondary N) is 1. The Morgan fingerprint density at radius 3 is 2.55 bits per heavy atom. The topological polar surface area (TPSA) is 94.9 Å². The molecule has 1 aromatic heterocycles. The van der Waals surface area contributed by atoms with Crippen LogP contribution in [0.3, 0.4) is 0 Å². The summed E-state index contributed by atoms with van der Waals surface area (Å²) in [5.74, 6) is 1.35. The van der Waals surface area contributed by atoms with Crippen LogP contribution in [-0.4, -0.2) is 56.2 Å². The number of morpholine rings is 1. The predicted octanol–water partition coefficient (Wildman–Crippen LogP) is 1.89. The molecule has 1 N–H and O–H groups in total. The second kappa shape index (κ2) is 9.05. The molecule has 0 spiro atoms. The standard InChI is InChI=1S/C22H24N4O5/c1-29-15-7-8-18(19(13-15)30-2)23-20(27)14-26-22(28)17-6-4-3-5-16(17)21(24-26)25-9-11-31-12-10-25/h3-8,13H,9-12,14H2,1-2H3,(H,23,27). The summed E-state index contributed by atoms with van der Waals surface area (Å²) in [5, 5.41) is 8.61. The van der Waals surface area contributed by atoms with Crippen LogP contribution in [0.5, 0.6) is 11.5 Å². The normalized spacial score (nSPS) is 13.8. The highest BCUT2D eigenvalue weighted by Gasteiger charge is 2.20. The fourth-order valence-electron chi connectivity index (χ4n) is 3.56. The summed E-state index contributed by atoms with van der Waals surface area (Å²) >= 11 is 0. The van der Waals surface area contributed by atoms with Gasteiger partial charge in [-0.2, -0.15) is 5.10 Å². The molecule has 31 heavy (non-hydrogen) atoms. The molecule has 0 radical (unpaired) electrons. The van der Waals surface area contributed by atoms with Gasteiger partial charge in [-0.05, 0) is 18.2 Å². The molecule has 9 nitrogen and oxygen atoms in total. The average molecular weight is 424 g/mol. The first-order valence-electron chi connectivity index (χ1n) is 9.95. The number of hydrogen-bond acceptors (Lipinski definition) is 7. The van der Waals surface area contributed by atoms with Crippen molar-refractivity contribution in [3.05, 3.63) is 52.8 Å². The van der Waals surface area contributed by atoms with Gasteiger partial charge in [0.25, 0.3) is 5.56 Å². The van der Waals surface area contributed by atoms with Crippen molar-refractivity contribution < 1.29 is 19.0 Å². The van der Waals surface area contributed by atoms with Crippen molar-refractivity contribution in [3.63, 3.8) is 0 Å². The first kappa shape index (κ1) is 20.7. The number of benzene rings is 2. The molecule has 3 aromatic rings. The van der Waals surface area contributed by atoms with E-state index in [0.717, 1.165) is 5.39 Å². The Morgan fingerprint density at radius 1 is 1.10 bits per heavy atom. The molecule has 1 aliphatic rings. The van der Waals surface area contributed by atoms with Crippen LogP contribution in [-0.2, 0) is 16.1 Å². The Balaban J connectivity index is 1.64. The molecule has 4 rings (SSSR count). The van der Waals surface area contributed by atoms with E-state index in [1.54, 1.807) is 37.4 Å². The average Bonchev–Trinajstić information content (AvgIpc) is 2.81. The zero-order valence-corrected chi connectivity index (χ0v) is 17.5. The van der Waals surface area contributed by atoms with Crippen molar-refractivity contribution in [2.24, 2.45) is 0 Å². The lowest BCUT2D eigenvalue weighted by Gasteiger charge is -2.29. The van der Waals surface area contributed by atoms with E-state index >= 15 is 0 Å². The quantitative estimate of drug-likeness (QED) is 0.646. The van der Waals surface area contributed by atoms with Gasteiger partial charge in [-0.1, -0.05) is 18.2 Å². The largest absolute Gasteiger partial charge is 0.497 e. The molecule has 0 unspecified atom stereocenters. The number of methoxy groups -OCH3 is 2. The number of rotatable bonds is 6. The predicted molar refractivity (Wildman–Crippen MR) is 117 cm³/mol. The van der Waals surface area contributed by atoms with Crippen LogP contribution in [0.2, 0.25) is 0 Å².